The Kier molecular flexibility index (Phi) is 9.35. The fourth-order valence-corrected chi connectivity index (χ4v) is 3.21. The fourth-order valence-electron chi connectivity index (χ4n) is 3.21. The zero-order chi connectivity index (χ0) is 21.1. The van der Waals surface area contributed by atoms with Crippen LogP contribution in [0.3, 0.4) is 0 Å². The Hall–Kier alpha value is -2.69. The minimum absolute atomic E-state index is 0.0460. The normalized spacial score (nSPS) is 10.5. The van der Waals surface area contributed by atoms with Crippen molar-refractivity contribution < 1.29 is 14.3 Å². The van der Waals surface area contributed by atoms with Crippen LogP contribution in [0.15, 0.2) is 42.5 Å². The number of carbonyl (C=O) groups is 1. The molecule has 29 heavy (non-hydrogen) atoms. The van der Waals surface area contributed by atoms with Gasteiger partial charge in [-0.25, -0.2) is 0 Å². The third kappa shape index (κ3) is 7.00. The molecule has 0 aliphatic heterocycles. The van der Waals surface area contributed by atoms with Gasteiger partial charge in [0.1, 0.15) is 0 Å². The van der Waals surface area contributed by atoms with E-state index in [9.17, 15) is 4.79 Å². The van der Waals surface area contributed by atoms with Gasteiger partial charge in [-0.1, -0.05) is 18.2 Å². The number of hydrogen-bond acceptors (Lipinski definition) is 4. The molecule has 5 heteroatoms. The van der Waals surface area contributed by atoms with Gasteiger partial charge in [0.15, 0.2) is 11.5 Å². The molecule has 0 aromatic heterocycles. The number of nitrogens with one attached hydrogen (secondary N) is 1. The number of rotatable bonds is 12. The second kappa shape index (κ2) is 12.0. The topological polar surface area (TPSA) is 50.8 Å². The van der Waals surface area contributed by atoms with Crippen LogP contribution < -0.4 is 19.7 Å². The molecule has 1 amide bonds. The number of amides is 1. The summed E-state index contributed by atoms with van der Waals surface area (Å²) in [6.07, 6.45) is 1.11. The van der Waals surface area contributed by atoms with Gasteiger partial charge in [-0.2, -0.15) is 0 Å². The summed E-state index contributed by atoms with van der Waals surface area (Å²) in [6, 6.07) is 14.3. The Morgan fingerprint density at radius 2 is 1.48 bits per heavy atom. The Morgan fingerprint density at radius 1 is 0.862 bits per heavy atom. The summed E-state index contributed by atoms with van der Waals surface area (Å²) in [6.45, 7) is 11.9. The number of anilines is 1. The highest BCUT2D eigenvalue weighted by Crippen LogP contribution is 2.29. The molecule has 1 N–H and O–H groups in total. The minimum Gasteiger partial charge on any atom is -0.490 e. The van der Waals surface area contributed by atoms with Gasteiger partial charge < -0.3 is 19.7 Å². The molecule has 0 saturated carbocycles. The number of aryl methyl sites for hydroxylation is 1. The maximum atomic E-state index is 12.3. The molecule has 0 heterocycles. The largest absolute Gasteiger partial charge is 0.490 e. The number of benzene rings is 2. The van der Waals surface area contributed by atoms with Gasteiger partial charge >= 0.3 is 0 Å². The molecule has 0 radical (unpaired) electrons. The lowest BCUT2D eigenvalue weighted by molar-refractivity contribution is -0.121. The first-order chi connectivity index (χ1) is 14.1. The molecule has 5 nitrogen and oxygen atoms in total. The Morgan fingerprint density at radius 3 is 2.10 bits per heavy atom. The summed E-state index contributed by atoms with van der Waals surface area (Å²) >= 11 is 0. The molecule has 2 rings (SSSR count). The molecule has 0 aliphatic rings. The predicted octanol–water partition coefficient (Wildman–Crippen LogP) is 4.58. The van der Waals surface area contributed by atoms with Gasteiger partial charge in [-0.05, 0) is 69.5 Å². The summed E-state index contributed by atoms with van der Waals surface area (Å²) in [5.74, 6) is 1.53. The van der Waals surface area contributed by atoms with Crippen LogP contribution in [0.25, 0.3) is 0 Å². The number of nitrogens with zero attached hydrogens (tertiary/aromatic N) is 1. The van der Waals surface area contributed by atoms with Crippen LogP contribution in [-0.4, -0.2) is 32.2 Å². The Balaban J connectivity index is 1.84. The van der Waals surface area contributed by atoms with E-state index in [0.717, 1.165) is 35.7 Å². The van der Waals surface area contributed by atoms with E-state index >= 15 is 0 Å². The summed E-state index contributed by atoms with van der Waals surface area (Å²) < 4.78 is 11.2. The number of ether oxygens (including phenoxy) is 2. The molecular formula is C24H34N2O3. The minimum atomic E-state index is 0.0460. The SMILES string of the molecule is CCOc1ccc(CCC(=O)NCc2ccc(N(CC)CC)cc2)cc1OCC. The van der Waals surface area contributed by atoms with Crippen LogP contribution in [0.1, 0.15) is 45.2 Å². The van der Waals surface area contributed by atoms with E-state index < -0.39 is 0 Å². The summed E-state index contributed by atoms with van der Waals surface area (Å²) in [7, 11) is 0. The van der Waals surface area contributed by atoms with Gasteiger partial charge in [-0.3, -0.25) is 4.79 Å². The van der Waals surface area contributed by atoms with Crippen molar-refractivity contribution in [1.82, 2.24) is 5.32 Å². The van der Waals surface area contributed by atoms with Crippen LogP contribution in [0, 0.1) is 0 Å². The van der Waals surface area contributed by atoms with Crippen molar-refractivity contribution in [1.29, 1.82) is 0 Å². The molecule has 0 saturated heterocycles. The van der Waals surface area contributed by atoms with E-state index in [1.54, 1.807) is 0 Å². The van der Waals surface area contributed by atoms with E-state index in [1.165, 1.54) is 5.69 Å². The average Bonchev–Trinajstić information content (AvgIpc) is 2.74. The van der Waals surface area contributed by atoms with Crippen LogP contribution in [0.5, 0.6) is 11.5 Å². The standard InChI is InChI=1S/C24H34N2O3/c1-5-26(6-2)21-13-9-20(10-14-21)18-25-24(27)16-12-19-11-15-22(28-7-3)23(17-19)29-8-4/h9-11,13-15,17H,5-8,12,16,18H2,1-4H3,(H,25,27). The van der Waals surface area contributed by atoms with Crippen molar-refractivity contribution in [3.05, 3.63) is 53.6 Å². The highest BCUT2D eigenvalue weighted by atomic mass is 16.5. The first-order valence-corrected chi connectivity index (χ1v) is 10.6. The Bertz CT molecular complexity index is 755. The zero-order valence-corrected chi connectivity index (χ0v) is 18.2. The average molecular weight is 399 g/mol. The van der Waals surface area contributed by atoms with Crippen molar-refractivity contribution in [3.8, 4) is 11.5 Å². The van der Waals surface area contributed by atoms with Crippen molar-refractivity contribution in [3.63, 3.8) is 0 Å². The van der Waals surface area contributed by atoms with Gasteiger partial charge in [0.05, 0.1) is 13.2 Å². The molecule has 0 bridgehead atoms. The van der Waals surface area contributed by atoms with Crippen LogP contribution in [-0.2, 0) is 17.8 Å². The maximum absolute atomic E-state index is 12.3. The van der Waals surface area contributed by atoms with Crippen molar-refractivity contribution in [2.75, 3.05) is 31.2 Å². The summed E-state index contributed by atoms with van der Waals surface area (Å²) in [5, 5.41) is 3.01. The quantitative estimate of drug-likeness (QED) is 0.569. The second-order valence-electron chi connectivity index (χ2n) is 6.76. The third-order valence-corrected chi connectivity index (χ3v) is 4.80. The lowest BCUT2D eigenvalue weighted by atomic mass is 10.1. The molecular weight excluding hydrogens is 364 g/mol. The lowest BCUT2D eigenvalue weighted by Crippen LogP contribution is -2.23. The van der Waals surface area contributed by atoms with Gasteiger partial charge in [0, 0.05) is 31.7 Å². The highest BCUT2D eigenvalue weighted by molar-refractivity contribution is 5.76. The van der Waals surface area contributed by atoms with Gasteiger partial charge in [0.25, 0.3) is 0 Å². The van der Waals surface area contributed by atoms with E-state index in [4.69, 9.17) is 9.47 Å². The van der Waals surface area contributed by atoms with Crippen LogP contribution in [0.4, 0.5) is 5.69 Å². The third-order valence-electron chi connectivity index (χ3n) is 4.80. The van der Waals surface area contributed by atoms with E-state index in [1.807, 2.05) is 32.0 Å². The molecule has 0 unspecified atom stereocenters. The fraction of sp³-hybridized carbons (Fsp3) is 0.458. The van der Waals surface area contributed by atoms with E-state index in [-0.39, 0.29) is 5.91 Å². The molecule has 0 fully saturated rings. The highest BCUT2D eigenvalue weighted by Gasteiger charge is 2.08. The van der Waals surface area contributed by atoms with Gasteiger partial charge in [0.2, 0.25) is 5.91 Å². The monoisotopic (exact) mass is 398 g/mol. The first-order valence-electron chi connectivity index (χ1n) is 10.6. The number of hydrogen-bond donors (Lipinski definition) is 1. The molecule has 2 aromatic rings. The first kappa shape index (κ1) is 22.6. The molecule has 0 atom stereocenters. The number of carbonyl (C=O) groups excluding carboxylic acids is 1. The maximum Gasteiger partial charge on any atom is 0.220 e. The summed E-state index contributed by atoms with van der Waals surface area (Å²) in [5.41, 5.74) is 3.38. The Labute approximate surface area is 175 Å². The van der Waals surface area contributed by atoms with Crippen LogP contribution >= 0.6 is 0 Å². The zero-order valence-electron chi connectivity index (χ0n) is 18.2. The molecule has 0 spiro atoms. The molecule has 158 valence electrons. The van der Waals surface area contributed by atoms with Crippen molar-refractivity contribution in [2.45, 2.75) is 47.1 Å². The smallest absolute Gasteiger partial charge is 0.220 e. The van der Waals surface area contributed by atoms with E-state index in [2.05, 4.69) is 48.3 Å². The van der Waals surface area contributed by atoms with Crippen molar-refractivity contribution in [2.24, 2.45) is 0 Å². The summed E-state index contributed by atoms with van der Waals surface area (Å²) in [4.78, 5) is 14.6. The van der Waals surface area contributed by atoms with Gasteiger partial charge in [-0.15, -0.1) is 0 Å². The lowest BCUT2D eigenvalue weighted by Gasteiger charge is -2.21. The predicted molar refractivity (Wildman–Crippen MR) is 119 cm³/mol. The molecule has 2 aromatic carbocycles. The van der Waals surface area contributed by atoms with Crippen LogP contribution in [0.2, 0.25) is 0 Å². The second-order valence-corrected chi connectivity index (χ2v) is 6.76. The molecule has 0 aliphatic carbocycles. The van der Waals surface area contributed by atoms with Crippen molar-refractivity contribution >= 4 is 11.6 Å². The van der Waals surface area contributed by atoms with E-state index in [0.29, 0.717) is 32.6 Å².